The van der Waals surface area contributed by atoms with E-state index >= 15 is 0 Å². The zero-order chi connectivity index (χ0) is 10.1. The summed E-state index contributed by atoms with van der Waals surface area (Å²) in [6, 6.07) is 5.81. The quantitative estimate of drug-likeness (QED) is 0.690. The Hall–Kier alpha value is -1.38. The van der Waals surface area contributed by atoms with Crippen LogP contribution >= 0.6 is 0 Å². The predicted octanol–water partition coefficient (Wildman–Crippen LogP) is 1.88. The van der Waals surface area contributed by atoms with Gasteiger partial charge in [0.25, 0.3) is 0 Å². The van der Waals surface area contributed by atoms with Crippen molar-refractivity contribution in [2.75, 3.05) is 24.2 Å². The molecular formula is C11H16N2O. The number of benzene rings is 1. The normalized spacial score (nSPS) is 20.1. The van der Waals surface area contributed by atoms with Crippen LogP contribution in [0.4, 0.5) is 11.4 Å². The molecule has 76 valence electrons. The molecule has 0 amide bonds. The molecule has 0 fully saturated rings. The van der Waals surface area contributed by atoms with Crippen LogP contribution in [0.25, 0.3) is 0 Å². The van der Waals surface area contributed by atoms with E-state index in [0.29, 0.717) is 0 Å². The lowest BCUT2D eigenvalue weighted by Crippen LogP contribution is -2.37. The van der Waals surface area contributed by atoms with Crippen LogP contribution in [-0.4, -0.2) is 19.7 Å². The fourth-order valence-corrected chi connectivity index (χ4v) is 1.77. The first kappa shape index (κ1) is 9.19. The number of ether oxygens (including phenoxy) is 1. The third-order valence-electron chi connectivity index (χ3n) is 2.62. The van der Waals surface area contributed by atoms with Gasteiger partial charge in [0.1, 0.15) is 11.9 Å². The molecular weight excluding hydrogens is 176 g/mol. The number of anilines is 2. The van der Waals surface area contributed by atoms with E-state index in [2.05, 4.69) is 18.9 Å². The number of rotatable bonds is 1. The Morgan fingerprint density at radius 2 is 2.36 bits per heavy atom. The number of fused-ring (bicyclic) bond motifs is 1. The fraction of sp³-hybridized carbons (Fsp3) is 0.455. The molecule has 0 bridgehead atoms. The maximum Gasteiger partial charge on any atom is 0.145 e. The van der Waals surface area contributed by atoms with E-state index in [1.807, 2.05) is 18.2 Å². The van der Waals surface area contributed by atoms with Crippen molar-refractivity contribution < 1.29 is 4.74 Å². The molecule has 0 saturated heterocycles. The van der Waals surface area contributed by atoms with Crippen LogP contribution in [0, 0.1) is 0 Å². The molecule has 3 heteroatoms. The van der Waals surface area contributed by atoms with E-state index in [0.717, 1.165) is 30.1 Å². The number of hydrogen-bond acceptors (Lipinski definition) is 3. The van der Waals surface area contributed by atoms with Crippen molar-refractivity contribution in [1.29, 1.82) is 0 Å². The molecule has 1 atom stereocenters. The van der Waals surface area contributed by atoms with E-state index in [4.69, 9.17) is 10.5 Å². The SMILES string of the molecule is CCC1CN(C)c2ccc(N)cc2O1. The highest BCUT2D eigenvalue weighted by molar-refractivity contribution is 5.64. The van der Waals surface area contributed by atoms with Crippen LogP contribution in [-0.2, 0) is 0 Å². The van der Waals surface area contributed by atoms with Gasteiger partial charge in [-0.15, -0.1) is 0 Å². The summed E-state index contributed by atoms with van der Waals surface area (Å²) in [5, 5.41) is 0. The number of nitrogens with two attached hydrogens (primary N) is 1. The van der Waals surface area contributed by atoms with Gasteiger partial charge in [-0.1, -0.05) is 6.92 Å². The average Bonchev–Trinajstić information content (AvgIpc) is 2.16. The number of hydrogen-bond donors (Lipinski definition) is 1. The van der Waals surface area contributed by atoms with Crippen LogP contribution in [0.5, 0.6) is 5.75 Å². The minimum Gasteiger partial charge on any atom is -0.486 e. The molecule has 0 aliphatic carbocycles. The van der Waals surface area contributed by atoms with Crippen molar-refractivity contribution in [3.63, 3.8) is 0 Å². The lowest BCUT2D eigenvalue weighted by atomic mass is 10.1. The number of nitrogen functional groups attached to an aromatic ring is 1. The monoisotopic (exact) mass is 192 g/mol. The summed E-state index contributed by atoms with van der Waals surface area (Å²) >= 11 is 0. The minimum atomic E-state index is 0.286. The number of likely N-dealkylation sites (N-methyl/N-ethyl adjacent to an activating group) is 1. The zero-order valence-electron chi connectivity index (χ0n) is 8.66. The first-order valence-electron chi connectivity index (χ1n) is 4.98. The summed E-state index contributed by atoms with van der Waals surface area (Å²) in [7, 11) is 2.08. The third-order valence-corrected chi connectivity index (χ3v) is 2.62. The molecule has 1 unspecified atom stereocenters. The highest BCUT2D eigenvalue weighted by Crippen LogP contribution is 2.34. The Kier molecular flexibility index (Phi) is 2.23. The minimum absolute atomic E-state index is 0.286. The summed E-state index contributed by atoms with van der Waals surface area (Å²) < 4.78 is 5.81. The molecule has 2 N–H and O–H groups in total. The Labute approximate surface area is 84.5 Å². The lowest BCUT2D eigenvalue weighted by Gasteiger charge is -2.33. The number of nitrogens with zero attached hydrogens (tertiary/aromatic N) is 1. The third kappa shape index (κ3) is 1.50. The van der Waals surface area contributed by atoms with Gasteiger partial charge in [-0.25, -0.2) is 0 Å². The van der Waals surface area contributed by atoms with E-state index < -0.39 is 0 Å². The van der Waals surface area contributed by atoms with Crippen molar-refractivity contribution in [2.45, 2.75) is 19.4 Å². The van der Waals surface area contributed by atoms with E-state index in [-0.39, 0.29) is 6.10 Å². The summed E-state index contributed by atoms with van der Waals surface area (Å²) in [5.41, 5.74) is 7.60. The Bertz CT molecular complexity index is 338. The van der Waals surface area contributed by atoms with Crippen LogP contribution < -0.4 is 15.4 Å². The van der Waals surface area contributed by atoms with Crippen molar-refractivity contribution >= 4 is 11.4 Å². The molecule has 1 aromatic rings. The van der Waals surface area contributed by atoms with E-state index in [1.54, 1.807) is 0 Å². The molecule has 3 nitrogen and oxygen atoms in total. The fourth-order valence-electron chi connectivity index (χ4n) is 1.77. The van der Waals surface area contributed by atoms with Crippen LogP contribution in [0.1, 0.15) is 13.3 Å². The molecule has 1 aliphatic heterocycles. The molecule has 0 spiro atoms. The van der Waals surface area contributed by atoms with Gasteiger partial charge in [-0.3, -0.25) is 0 Å². The molecule has 0 aromatic heterocycles. The Balaban J connectivity index is 2.35. The van der Waals surface area contributed by atoms with Gasteiger partial charge in [0.2, 0.25) is 0 Å². The Morgan fingerprint density at radius 3 is 3.07 bits per heavy atom. The van der Waals surface area contributed by atoms with Crippen LogP contribution in [0.2, 0.25) is 0 Å². The molecule has 1 aliphatic rings. The van der Waals surface area contributed by atoms with Crippen molar-refractivity contribution in [3.8, 4) is 5.75 Å². The van der Waals surface area contributed by atoms with Crippen molar-refractivity contribution in [3.05, 3.63) is 18.2 Å². The maximum absolute atomic E-state index is 5.81. The van der Waals surface area contributed by atoms with E-state index in [9.17, 15) is 0 Å². The second kappa shape index (κ2) is 3.40. The maximum atomic E-state index is 5.81. The van der Waals surface area contributed by atoms with Gasteiger partial charge in [0.05, 0.1) is 12.2 Å². The topological polar surface area (TPSA) is 38.5 Å². The van der Waals surface area contributed by atoms with Gasteiger partial charge in [-0.05, 0) is 18.6 Å². The van der Waals surface area contributed by atoms with Crippen LogP contribution in [0.3, 0.4) is 0 Å². The van der Waals surface area contributed by atoms with Gasteiger partial charge in [0, 0.05) is 18.8 Å². The zero-order valence-corrected chi connectivity index (χ0v) is 8.66. The highest BCUT2D eigenvalue weighted by Gasteiger charge is 2.21. The molecule has 0 saturated carbocycles. The highest BCUT2D eigenvalue weighted by atomic mass is 16.5. The first-order chi connectivity index (χ1) is 6.70. The largest absolute Gasteiger partial charge is 0.486 e. The average molecular weight is 192 g/mol. The summed E-state index contributed by atoms with van der Waals surface area (Å²) in [6.07, 6.45) is 1.31. The smallest absolute Gasteiger partial charge is 0.145 e. The van der Waals surface area contributed by atoms with E-state index in [1.165, 1.54) is 0 Å². The lowest BCUT2D eigenvalue weighted by molar-refractivity contribution is 0.192. The molecule has 1 aromatic carbocycles. The predicted molar refractivity (Wildman–Crippen MR) is 58.8 cm³/mol. The second-order valence-electron chi connectivity index (χ2n) is 3.76. The first-order valence-corrected chi connectivity index (χ1v) is 4.98. The Morgan fingerprint density at radius 1 is 1.57 bits per heavy atom. The summed E-state index contributed by atoms with van der Waals surface area (Å²) in [5.74, 6) is 0.908. The molecule has 0 radical (unpaired) electrons. The summed E-state index contributed by atoms with van der Waals surface area (Å²) in [4.78, 5) is 2.21. The van der Waals surface area contributed by atoms with Crippen molar-refractivity contribution in [1.82, 2.24) is 0 Å². The standard InChI is InChI=1S/C11H16N2O/c1-3-9-7-13(2)10-5-4-8(12)6-11(10)14-9/h4-6,9H,3,7,12H2,1-2H3. The second-order valence-corrected chi connectivity index (χ2v) is 3.76. The summed E-state index contributed by atoms with van der Waals surface area (Å²) in [6.45, 7) is 3.09. The molecule has 14 heavy (non-hydrogen) atoms. The van der Waals surface area contributed by atoms with Gasteiger partial charge in [0.15, 0.2) is 0 Å². The van der Waals surface area contributed by atoms with Gasteiger partial charge < -0.3 is 15.4 Å². The molecule has 2 rings (SSSR count). The van der Waals surface area contributed by atoms with Crippen molar-refractivity contribution in [2.24, 2.45) is 0 Å². The van der Waals surface area contributed by atoms with Crippen LogP contribution in [0.15, 0.2) is 18.2 Å². The molecule has 1 heterocycles. The van der Waals surface area contributed by atoms with Gasteiger partial charge >= 0.3 is 0 Å². The van der Waals surface area contributed by atoms with Gasteiger partial charge in [-0.2, -0.15) is 0 Å².